The highest BCUT2D eigenvalue weighted by Crippen LogP contribution is 2.33. The normalized spacial score (nSPS) is 11.0. The van der Waals surface area contributed by atoms with Crippen LogP contribution in [0, 0.1) is 17.0 Å². The summed E-state index contributed by atoms with van der Waals surface area (Å²) in [6.07, 6.45) is 3.50. The molecule has 4 rings (SSSR count). The van der Waals surface area contributed by atoms with Crippen molar-refractivity contribution >= 4 is 27.4 Å². The Morgan fingerprint density at radius 1 is 0.958 bits per heavy atom. The van der Waals surface area contributed by atoms with Crippen LogP contribution in [0.15, 0.2) is 60.9 Å². The van der Waals surface area contributed by atoms with Crippen LogP contribution in [0.1, 0.15) is 5.56 Å². The first kappa shape index (κ1) is 14.3. The Bertz CT molecular complexity index is 1090. The summed E-state index contributed by atoms with van der Waals surface area (Å²) in [6, 6.07) is 14.7. The van der Waals surface area contributed by atoms with E-state index in [9.17, 15) is 10.1 Å². The number of fused-ring (bicyclic) bond motifs is 3. The van der Waals surface area contributed by atoms with Crippen molar-refractivity contribution in [3.05, 3.63) is 76.6 Å². The van der Waals surface area contributed by atoms with Crippen molar-refractivity contribution in [1.29, 1.82) is 0 Å². The average molecular weight is 315 g/mol. The van der Waals surface area contributed by atoms with Gasteiger partial charge in [-0.25, -0.2) is 4.98 Å². The van der Waals surface area contributed by atoms with Crippen LogP contribution in [0.4, 0.5) is 5.69 Å². The lowest BCUT2D eigenvalue weighted by atomic mass is 9.99. The van der Waals surface area contributed by atoms with E-state index in [4.69, 9.17) is 4.98 Å². The van der Waals surface area contributed by atoms with Crippen LogP contribution >= 0.6 is 0 Å². The maximum Gasteiger partial charge on any atom is 0.269 e. The number of benzene rings is 2. The van der Waals surface area contributed by atoms with E-state index in [-0.39, 0.29) is 5.69 Å². The highest BCUT2D eigenvalue weighted by Gasteiger charge is 2.12. The van der Waals surface area contributed by atoms with Crippen LogP contribution < -0.4 is 0 Å². The van der Waals surface area contributed by atoms with Crippen molar-refractivity contribution in [2.75, 3.05) is 0 Å². The van der Waals surface area contributed by atoms with E-state index in [1.165, 1.54) is 12.1 Å². The number of nitro groups is 1. The van der Waals surface area contributed by atoms with Crippen LogP contribution in [0.3, 0.4) is 0 Å². The second-order valence-corrected chi connectivity index (χ2v) is 5.71. The Balaban J connectivity index is 2.05. The number of non-ortho nitro benzene ring substituents is 1. The third-order valence-electron chi connectivity index (χ3n) is 4.10. The van der Waals surface area contributed by atoms with Crippen molar-refractivity contribution in [3.8, 4) is 11.3 Å². The van der Waals surface area contributed by atoms with Gasteiger partial charge in [0.05, 0.1) is 22.3 Å². The predicted molar refractivity (Wildman–Crippen MR) is 93.9 cm³/mol. The summed E-state index contributed by atoms with van der Waals surface area (Å²) in [5.41, 5.74) is 3.68. The van der Waals surface area contributed by atoms with Gasteiger partial charge in [0, 0.05) is 34.7 Å². The summed E-state index contributed by atoms with van der Waals surface area (Å²) in [7, 11) is 0. The summed E-state index contributed by atoms with van der Waals surface area (Å²) >= 11 is 0. The maximum atomic E-state index is 10.9. The van der Waals surface area contributed by atoms with Gasteiger partial charge in [-0.1, -0.05) is 17.7 Å². The van der Waals surface area contributed by atoms with Gasteiger partial charge in [0.2, 0.25) is 0 Å². The Morgan fingerprint density at radius 2 is 1.75 bits per heavy atom. The first-order valence-electron chi connectivity index (χ1n) is 7.52. The molecule has 0 saturated heterocycles. The lowest BCUT2D eigenvalue weighted by Crippen LogP contribution is -1.92. The number of rotatable bonds is 2. The number of aromatic nitrogens is 2. The van der Waals surface area contributed by atoms with Crippen LogP contribution in [0.25, 0.3) is 32.9 Å². The smallest absolute Gasteiger partial charge is 0.262 e. The van der Waals surface area contributed by atoms with Gasteiger partial charge in [0.25, 0.3) is 5.69 Å². The number of aryl methyl sites for hydroxylation is 1. The van der Waals surface area contributed by atoms with E-state index in [1.807, 2.05) is 13.0 Å². The number of nitro benzene ring substituents is 1. The molecule has 0 N–H and O–H groups in total. The van der Waals surface area contributed by atoms with Gasteiger partial charge in [0.15, 0.2) is 0 Å². The van der Waals surface area contributed by atoms with Crippen molar-refractivity contribution in [2.45, 2.75) is 6.92 Å². The zero-order valence-corrected chi connectivity index (χ0v) is 12.9. The molecule has 0 unspecified atom stereocenters. The molecule has 0 atom stereocenters. The molecule has 0 bridgehead atoms. The van der Waals surface area contributed by atoms with Crippen molar-refractivity contribution in [1.82, 2.24) is 9.97 Å². The lowest BCUT2D eigenvalue weighted by Gasteiger charge is -2.10. The fraction of sp³-hybridized carbons (Fsp3) is 0.0526. The molecule has 2 heterocycles. The van der Waals surface area contributed by atoms with E-state index >= 15 is 0 Å². The highest BCUT2D eigenvalue weighted by molar-refractivity contribution is 6.10. The summed E-state index contributed by atoms with van der Waals surface area (Å²) in [5.74, 6) is 0. The second kappa shape index (κ2) is 5.38. The van der Waals surface area contributed by atoms with E-state index in [2.05, 4.69) is 23.2 Å². The third-order valence-corrected chi connectivity index (χ3v) is 4.10. The SMILES string of the molecule is Cc1ccc2c(c1)c(-c1ccc([N+](=O)[O-])cc1)nc1cnccc12. The summed E-state index contributed by atoms with van der Waals surface area (Å²) < 4.78 is 0. The summed E-state index contributed by atoms with van der Waals surface area (Å²) in [6.45, 7) is 2.04. The van der Waals surface area contributed by atoms with Crippen molar-refractivity contribution in [2.24, 2.45) is 0 Å². The molecule has 0 saturated carbocycles. The highest BCUT2D eigenvalue weighted by atomic mass is 16.6. The molecule has 0 spiro atoms. The standard InChI is InChI=1S/C19H13N3O2/c1-12-2-7-15-16-8-9-20-11-18(16)21-19(17(15)10-12)13-3-5-14(6-4-13)22(23)24/h2-11H,1H3. The zero-order valence-electron chi connectivity index (χ0n) is 12.9. The monoisotopic (exact) mass is 315 g/mol. The molecule has 5 nitrogen and oxygen atoms in total. The Hall–Kier alpha value is -3.34. The largest absolute Gasteiger partial charge is 0.269 e. The molecular weight excluding hydrogens is 302 g/mol. The summed E-state index contributed by atoms with van der Waals surface area (Å²) in [5, 5.41) is 14.0. The predicted octanol–water partition coefficient (Wildman–Crippen LogP) is 4.67. The molecule has 0 aliphatic rings. The van der Waals surface area contributed by atoms with Crippen LogP contribution in [0.2, 0.25) is 0 Å². The minimum absolute atomic E-state index is 0.0710. The second-order valence-electron chi connectivity index (χ2n) is 5.71. The molecular formula is C19H13N3O2. The molecule has 2 aromatic carbocycles. The molecule has 5 heteroatoms. The van der Waals surface area contributed by atoms with E-state index in [0.29, 0.717) is 0 Å². The Morgan fingerprint density at radius 3 is 2.50 bits per heavy atom. The Kier molecular flexibility index (Phi) is 3.20. The molecule has 0 fully saturated rings. The molecule has 2 aromatic heterocycles. The first-order chi connectivity index (χ1) is 11.6. The van der Waals surface area contributed by atoms with Crippen molar-refractivity contribution in [3.63, 3.8) is 0 Å². The van der Waals surface area contributed by atoms with Gasteiger partial charge in [-0.05, 0) is 36.6 Å². The number of nitrogens with zero attached hydrogens (tertiary/aromatic N) is 3. The van der Waals surface area contributed by atoms with Gasteiger partial charge in [-0.15, -0.1) is 0 Å². The fourth-order valence-corrected chi connectivity index (χ4v) is 2.93. The van der Waals surface area contributed by atoms with Crippen LogP contribution in [0.5, 0.6) is 0 Å². The van der Waals surface area contributed by atoms with Gasteiger partial charge in [0.1, 0.15) is 0 Å². The molecule has 4 aromatic rings. The van der Waals surface area contributed by atoms with Gasteiger partial charge >= 0.3 is 0 Å². The molecule has 24 heavy (non-hydrogen) atoms. The third kappa shape index (κ3) is 2.27. The van der Waals surface area contributed by atoms with E-state index in [0.717, 1.165) is 38.5 Å². The van der Waals surface area contributed by atoms with Gasteiger partial charge in [-0.2, -0.15) is 0 Å². The zero-order chi connectivity index (χ0) is 16.7. The first-order valence-corrected chi connectivity index (χ1v) is 7.52. The van der Waals surface area contributed by atoms with Gasteiger partial charge < -0.3 is 0 Å². The van der Waals surface area contributed by atoms with Gasteiger partial charge in [-0.3, -0.25) is 15.1 Å². The number of pyridine rings is 2. The lowest BCUT2D eigenvalue weighted by molar-refractivity contribution is -0.384. The molecule has 0 radical (unpaired) electrons. The summed E-state index contributed by atoms with van der Waals surface area (Å²) in [4.78, 5) is 19.4. The topological polar surface area (TPSA) is 68.9 Å². The minimum atomic E-state index is -0.399. The van der Waals surface area contributed by atoms with Crippen LogP contribution in [-0.2, 0) is 0 Å². The molecule has 116 valence electrons. The van der Waals surface area contributed by atoms with E-state index < -0.39 is 4.92 Å². The molecule has 0 amide bonds. The fourth-order valence-electron chi connectivity index (χ4n) is 2.93. The molecule has 0 aliphatic carbocycles. The van der Waals surface area contributed by atoms with E-state index in [1.54, 1.807) is 24.5 Å². The quantitative estimate of drug-likeness (QED) is 0.306. The van der Waals surface area contributed by atoms with Crippen LogP contribution in [-0.4, -0.2) is 14.9 Å². The minimum Gasteiger partial charge on any atom is -0.262 e. The number of hydrogen-bond donors (Lipinski definition) is 0. The maximum absolute atomic E-state index is 10.9. The Labute approximate surface area is 137 Å². The molecule has 0 aliphatic heterocycles. The average Bonchev–Trinajstić information content (AvgIpc) is 2.61. The van der Waals surface area contributed by atoms with Crippen molar-refractivity contribution < 1.29 is 4.92 Å². The number of hydrogen-bond acceptors (Lipinski definition) is 4.